The lowest BCUT2D eigenvalue weighted by Crippen LogP contribution is -2.13. The zero-order valence-corrected chi connectivity index (χ0v) is 17.1. The van der Waals surface area contributed by atoms with Gasteiger partial charge in [-0.1, -0.05) is 19.1 Å². The number of nitrogens with zero attached hydrogens (tertiary/aromatic N) is 1. The minimum Gasteiger partial charge on any atom is -0.487 e. The Morgan fingerprint density at radius 3 is 2.63 bits per heavy atom. The lowest BCUT2D eigenvalue weighted by Gasteiger charge is -2.09. The molecule has 8 nitrogen and oxygen atoms in total. The van der Waals surface area contributed by atoms with Crippen LogP contribution in [0.1, 0.15) is 43.1 Å². The van der Waals surface area contributed by atoms with Crippen LogP contribution in [0.5, 0.6) is 5.75 Å². The number of esters is 1. The largest absolute Gasteiger partial charge is 0.487 e. The number of hydrogen-bond acceptors (Lipinski definition) is 6. The Labute approximate surface area is 174 Å². The second kappa shape index (κ2) is 10.8. The van der Waals surface area contributed by atoms with E-state index in [0.717, 1.165) is 6.42 Å². The summed E-state index contributed by atoms with van der Waals surface area (Å²) in [6, 6.07) is 10.9. The third kappa shape index (κ3) is 6.73. The predicted octanol–water partition coefficient (Wildman–Crippen LogP) is 4.60. The summed E-state index contributed by atoms with van der Waals surface area (Å²) < 4.78 is 10.5. The number of hydrogen-bond donors (Lipinski definition) is 1. The first kappa shape index (κ1) is 22.6. The maximum atomic E-state index is 12.2. The average molecular weight is 412 g/mol. The normalized spacial score (nSPS) is 10.8. The van der Waals surface area contributed by atoms with Crippen LogP contribution in [0.15, 0.2) is 48.5 Å². The van der Waals surface area contributed by atoms with Gasteiger partial charge in [-0.05, 0) is 56.2 Å². The van der Waals surface area contributed by atoms with E-state index in [9.17, 15) is 19.7 Å². The Bertz CT molecular complexity index is 952. The van der Waals surface area contributed by atoms with Gasteiger partial charge in [-0.25, -0.2) is 4.79 Å². The quantitative estimate of drug-likeness (QED) is 0.279. The van der Waals surface area contributed by atoms with E-state index in [1.807, 2.05) is 6.92 Å². The third-order valence-corrected chi connectivity index (χ3v) is 3.78. The van der Waals surface area contributed by atoms with Crippen molar-refractivity contribution in [2.24, 2.45) is 0 Å². The molecule has 30 heavy (non-hydrogen) atoms. The Hall–Kier alpha value is -3.68. The lowest BCUT2D eigenvalue weighted by molar-refractivity contribution is -0.385. The van der Waals surface area contributed by atoms with Crippen molar-refractivity contribution in [2.45, 2.75) is 33.3 Å². The van der Waals surface area contributed by atoms with E-state index in [0.29, 0.717) is 23.4 Å². The molecule has 0 fully saturated rings. The number of anilines is 1. The van der Waals surface area contributed by atoms with Crippen LogP contribution in [0.2, 0.25) is 0 Å². The number of rotatable bonds is 9. The van der Waals surface area contributed by atoms with Crippen molar-refractivity contribution in [2.75, 3.05) is 11.9 Å². The van der Waals surface area contributed by atoms with E-state index < -0.39 is 16.8 Å². The molecule has 0 radical (unpaired) electrons. The summed E-state index contributed by atoms with van der Waals surface area (Å²) in [5, 5.41) is 13.9. The second-order valence-electron chi connectivity index (χ2n) is 6.69. The maximum absolute atomic E-state index is 12.2. The highest BCUT2D eigenvalue weighted by atomic mass is 16.6. The highest BCUT2D eigenvalue weighted by Gasteiger charge is 2.15. The zero-order valence-electron chi connectivity index (χ0n) is 17.1. The zero-order chi connectivity index (χ0) is 22.1. The summed E-state index contributed by atoms with van der Waals surface area (Å²) in [4.78, 5) is 34.9. The molecule has 158 valence electrons. The monoisotopic (exact) mass is 412 g/mol. The molecular weight excluding hydrogens is 388 g/mol. The fourth-order valence-electron chi connectivity index (χ4n) is 2.48. The molecule has 1 N–H and O–H groups in total. The summed E-state index contributed by atoms with van der Waals surface area (Å²) >= 11 is 0. The molecule has 2 aromatic carbocycles. The minimum absolute atomic E-state index is 0.164. The van der Waals surface area contributed by atoms with Crippen molar-refractivity contribution in [3.05, 3.63) is 69.8 Å². The fraction of sp³-hybridized carbons (Fsp3) is 0.273. The van der Waals surface area contributed by atoms with Crippen molar-refractivity contribution in [3.63, 3.8) is 0 Å². The van der Waals surface area contributed by atoms with Gasteiger partial charge in [-0.3, -0.25) is 14.9 Å². The summed E-state index contributed by atoms with van der Waals surface area (Å²) in [6.07, 6.45) is 3.20. The number of amides is 1. The van der Waals surface area contributed by atoms with E-state index >= 15 is 0 Å². The molecule has 0 unspecified atom stereocenters. The molecule has 8 heteroatoms. The summed E-state index contributed by atoms with van der Waals surface area (Å²) in [5.41, 5.74) is 1.07. The van der Waals surface area contributed by atoms with Gasteiger partial charge in [0, 0.05) is 17.8 Å². The Morgan fingerprint density at radius 2 is 1.97 bits per heavy atom. The first-order valence-electron chi connectivity index (χ1n) is 9.51. The maximum Gasteiger partial charge on any atom is 0.338 e. The van der Waals surface area contributed by atoms with E-state index in [1.165, 1.54) is 30.4 Å². The first-order chi connectivity index (χ1) is 14.3. The number of nitro groups is 1. The topological polar surface area (TPSA) is 108 Å². The van der Waals surface area contributed by atoms with Crippen LogP contribution in [-0.2, 0) is 9.53 Å². The van der Waals surface area contributed by atoms with Gasteiger partial charge in [0.05, 0.1) is 23.2 Å². The number of carbonyl (C=O) groups excluding carboxylic acids is 2. The molecule has 0 atom stereocenters. The molecule has 0 heterocycles. The number of carbonyl (C=O) groups is 2. The Kier molecular flexibility index (Phi) is 8.10. The van der Waals surface area contributed by atoms with Crippen molar-refractivity contribution in [3.8, 4) is 5.75 Å². The molecule has 1 amide bonds. The van der Waals surface area contributed by atoms with E-state index in [2.05, 4.69) is 5.32 Å². The van der Waals surface area contributed by atoms with Crippen LogP contribution in [0.25, 0.3) is 6.08 Å². The highest BCUT2D eigenvalue weighted by Crippen LogP contribution is 2.28. The predicted molar refractivity (Wildman–Crippen MR) is 114 cm³/mol. The van der Waals surface area contributed by atoms with Crippen molar-refractivity contribution in [1.29, 1.82) is 0 Å². The Morgan fingerprint density at radius 1 is 1.20 bits per heavy atom. The summed E-state index contributed by atoms with van der Waals surface area (Å²) in [7, 11) is 0. The number of benzene rings is 2. The van der Waals surface area contributed by atoms with Crippen molar-refractivity contribution >= 4 is 29.3 Å². The molecule has 0 aliphatic rings. The van der Waals surface area contributed by atoms with Crippen LogP contribution < -0.4 is 10.1 Å². The van der Waals surface area contributed by atoms with Crippen LogP contribution in [0, 0.1) is 10.1 Å². The number of ether oxygens (including phenoxy) is 2. The van der Waals surface area contributed by atoms with Crippen LogP contribution in [0.3, 0.4) is 0 Å². The minimum atomic E-state index is -0.524. The molecule has 0 aromatic heterocycles. The third-order valence-electron chi connectivity index (χ3n) is 3.78. The van der Waals surface area contributed by atoms with Gasteiger partial charge in [0.15, 0.2) is 5.75 Å². The van der Waals surface area contributed by atoms with Gasteiger partial charge >= 0.3 is 11.7 Å². The van der Waals surface area contributed by atoms with Gasteiger partial charge in [0.2, 0.25) is 5.91 Å². The molecule has 0 saturated carbocycles. The van der Waals surface area contributed by atoms with E-state index in [-0.39, 0.29) is 17.5 Å². The molecule has 2 rings (SSSR count). The van der Waals surface area contributed by atoms with Crippen molar-refractivity contribution in [1.82, 2.24) is 0 Å². The van der Waals surface area contributed by atoms with Crippen molar-refractivity contribution < 1.29 is 24.0 Å². The van der Waals surface area contributed by atoms with E-state index in [4.69, 9.17) is 9.47 Å². The average Bonchev–Trinajstić information content (AvgIpc) is 2.70. The first-order valence-corrected chi connectivity index (χ1v) is 9.51. The Balaban J connectivity index is 2.08. The summed E-state index contributed by atoms with van der Waals surface area (Å²) in [6.45, 7) is 5.79. The fourth-order valence-corrected chi connectivity index (χ4v) is 2.48. The molecule has 0 aliphatic carbocycles. The standard InChI is InChI=1S/C22H24N2O6/c1-4-12-29-20-10-8-16(13-19(20)24(27)28)9-11-21(25)23-18-7-5-6-17(14-18)22(26)30-15(2)3/h5-11,13-15H,4,12H2,1-3H3,(H,23,25)/b11-9+. The highest BCUT2D eigenvalue weighted by molar-refractivity contribution is 6.02. The number of nitro benzene ring substituents is 1. The SMILES string of the molecule is CCCOc1ccc(/C=C/C(=O)Nc2cccc(C(=O)OC(C)C)c2)cc1[N+](=O)[O-]. The molecular formula is C22H24N2O6. The molecule has 0 aliphatic heterocycles. The van der Waals surface area contributed by atoms with Gasteiger partial charge < -0.3 is 14.8 Å². The van der Waals surface area contributed by atoms with Gasteiger partial charge in [-0.2, -0.15) is 0 Å². The van der Waals surface area contributed by atoms with Gasteiger partial charge in [0.25, 0.3) is 0 Å². The lowest BCUT2D eigenvalue weighted by atomic mass is 10.1. The second-order valence-corrected chi connectivity index (χ2v) is 6.69. The molecule has 0 spiro atoms. The van der Waals surface area contributed by atoms with Gasteiger partial charge in [0.1, 0.15) is 0 Å². The number of nitrogens with one attached hydrogen (secondary N) is 1. The van der Waals surface area contributed by atoms with Crippen LogP contribution in [0.4, 0.5) is 11.4 Å². The molecule has 0 bridgehead atoms. The van der Waals surface area contributed by atoms with Gasteiger partial charge in [-0.15, -0.1) is 0 Å². The smallest absolute Gasteiger partial charge is 0.338 e. The van der Waals surface area contributed by atoms with E-state index in [1.54, 1.807) is 38.1 Å². The van der Waals surface area contributed by atoms with Crippen LogP contribution >= 0.6 is 0 Å². The molecule has 0 saturated heterocycles. The molecule has 2 aromatic rings. The summed E-state index contributed by atoms with van der Waals surface area (Å²) in [5.74, 6) is -0.735. The van der Waals surface area contributed by atoms with Crippen LogP contribution in [-0.4, -0.2) is 29.5 Å².